The van der Waals surface area contributed by atoms with E-state index in [9.17, 15) is 0 Å². The molecule has 2 rings (SSSR count). The first-order chi connectivity index (χ1) is 7.98. The largest absolute Gasteiger partial charge is 0.240 e. The van der Waals surface area contributed by atoms with Crippen LogP contribution in [0.15, 0.2) is 36.5 Å². The third-order valence-electron chi connectivity index (χ3n) is 2.69. The van der Waals surface area contributed by atoms with E-state index in [1.54, 1.807) is 0 Å². The molecule has 17 heavy (non-hydrogen) atoms. The Morgan fingerprint density at radius 1 is 1.00 bits per heavy atom. The van der Waals surface area contributed by atoms with Crippen LogP contribution >= 0.6 is 0 Å². The maximum absolute atomic E-state index is 4.70. The zero-order valence-corrected chi connectivity index (χ0v) is 10.9. The van der Waals surface area contributed by atoms with Gasteiger partial charge in [-0.3, -0.25) is 0 Å². The summed E-state index contributed by atoms with van der Waals surface area (Å²) in [6.07, 6.45) is 1.91. The predicted molar refractivity (Wildman–Crippen MR) is 70.9 cm³/mol. The van der Waals surface area contributed by atoms with Gasteiger partial charge in [-0.1, -0.05) is 51.1 Å². The van der Waals surface area contributed by atoms with E-state index < -0.39 is 0 Å². The van der Waals surface area contributed by atoms with Crippen LogP contribution in [0.2, 0.25) is 0 Å². The minimum atomic E-state index is -0.0166. The van der Waals surface area contributed by atoms with Crippen molar-refractivity contribution in [2.75, 3.05) is 0 Å². The summed E-state index contributed by atoms with van der Waals surface area (Å²) < 4.78 is 0. The molecule has 0 saturated heterocycles. The molecule has 1 heterocycles. The molecule has 0 saturated carbocycles. The number of aromatic nitrogens is 2. The van der Waals surface area contributed by atoms with Gasteiger partial charge < -0.3 is 0 Å². The number of rotatable bonds is 1. The van der Waals surface area contributed by atoms with Crippen molar-refractivity contribution in [3.63, 3.8) is 0 Å². The molecule has 2 heteroatoms. The number of nitrogens with zero attached hydrogens (tertiary/aromatic N) is 2. The highest BCUT2D eigenvalue weighted by Crippen LogP contribution is 2.24. The predicted octanol–water partition coefficient (Wildman–Crippen LogP) is 3.75. The van der Waals surface area contributed by atoms with Crippen LogP contribution in [0.1, 0.15) is 32.2 Å². The Bertz CT molecular complexity index is 510. The maximum Gasteiger partial charge on any atom is 0.134 e. The van der Waals surface area contributed by atoms with E-state index in [4.69, 9.17) is 4.98 Å². The third kappa shape index (κ3) is 2.52. The van der Waals surface area contributed by atoms with E-state index in [0.29, 0.717) is 0 Å². The summed E-state index contributed by atoms with van der Waals surface area (Å²) in [7, 11) is 0. The monoisotopic (exact) mass is 226 g/mol. The van der Waals surface area contributed by atoms with Crippen molar-refractivity contribution < 1.29 is 0 Å². The molecular formula is C15H18N2. The number of benzene rings is 1. The Labute approximate surface area is 103 Å². The molecule has 0 aliphatic carbocycles. The van der Waals surface area contributed by atoms with Gasteiger partial charge >= 0.3 is 0 Å². The van der Waals surface area contributed by atoms with Gasteiger partial charge in [0.2, 0.25) is 0 Å². The lowest BCUT2D eigenvalue weighted by atomic mass is 9.95. The first-order valence-electron chi connectivity index (χ1n) is 5.88. The van der Waals surface area contributed by atoms with Crippen molar-refractivity contribution in [2.24, 2.45) is 0 Å². The van der Waals surface area contributed by atoms with Gasteiger partial charge in [-0.25, -0.2) is 9.97 Å². The highest BCUT2D eigenvalue weighted by Gasteiger charge is 2.18. The van der Waals surface area contributed by atoms with Crippen molar-refractivity contribution >= 4 is 0 Å². The standard InChI is InChI=1S/C15H18N2/c1-11-10-16-14(15(2,3)4)17-13(11)12-8-6-5-7-9-12/h5-10H,1-4H3. The topological polar surface area (TPSA) is 25.8 Å². The molecule has 1 aromatic heterocycles. The third-order valence-corrected chi connectivity index (χ3v) is 2.69. The van der Waals surface area contributed by atoms with Crippen LogP contribution < -0.4 is 0 Å². The second-order valence-electron chi connectivity index (χ2n) is 5.34. The molecular weight excluding hydrogens is 208 g/mol. The Morgan fingerprint density at radius 2 is 1.65 bits per heavy atom. The molecule has 0 N–H and O–H groups in total. The fourth-order valence-electron chi connectivity index (χ4n) is 1.69. The average Bonchev–Trinajstić information content (AvgIpc) is 2.29. The molecule has 2 aromatic rings. The summed E-state index contributed by atoms with van der Waals surface area (Å²) in [6.45, 7) is 8.44. The summed E-state index contributed by atoms with van der Waals surface area (Å²) in [5, 5.41) is 0. The summed E-state index contributed by atoms with van der Waals surface area (Å²) >= 11 is 0. The van der Waals surface area contributed by atoms with Crippen molar-refractivity contribution in [3.8, 4) is 11.3 Å². The van der Waals surface area contributed by atoms with Crippen molar-refractivity contribution in [1.29, 1.82) is 0 Å². The molecule has 0 aliphatic heterocycles. The molecule has 88 valence electrons. The number of hydrogen-bond donors (Lipinski definition) is 0. The van der Waals surface area contributed by atoms with Gasteiger partial charge in [-0.2, -0.15) is 0 Å². The number of hydrogen-bond acceptors (Lipinski definition) is 2. The van der Waals surface area contributed by atoms with Gasteiger partial charge in [0, 0.05) is 17.2 Å². The minimum Gasteiger partial charge on any atom is -0.240 e. The van der Waals surface area contributed by atoms with E-state index in [0.717, 1.165) is 22.6 Å². The molecule has 0 aliphatic rings. The lowest BCUT2D eigenvalue weighted by molar-refractivity contribution is 0.545. The zero-order chi connectivity index (χ0) is 12.5. The molecule has 0 fully saturated rings. The van der Waals surface area contributed by atoms with E-state index in [2.05, 4.69) is 44.8 Å². The van der Waals surface area contributed by atoms with Gasteiger partial charge in [0.1, 0.15) is 5.82 Å². The average molecular weight is 226 g/mol. The highest BCUT2D eigenvalue weighted by molar-refractivity contribution is 5.62. The van der Waals surface area contributed by atoms with Crippen molar-refractivity contribution in [2.45, 2.75) is 33.1 Å². The Hall–Kier alpha value is -1.70. The maximum atomic E-state index is 4.70. The summed E-state index contributed by atoms with van der Waals surface area (Å²) in [5.74, 6) is 0.891. The molecule has 2 nitrogen and oxygen atoms in total. The normalized spacial score (nSPS) is 11.5. The van der Waals surface area contributed by atoms with Crippen LogP contribution in [-0.2, 0) is 5.41 Å². The quantitative estimate of drug-likeness (QED) is 0.740. The fraction of sp³-hybridized carbons (Fsp3) is 0.333. The SMILES string of the molecule is Cc1cnc(C(C)(C)C)nc1-c1ccccc1. The van der Waals surface area contributed by atoms with E-state index in [1.807, 2.05) is 24.4 Å². The van der Waals surface area contributed by atoms with Gasteiger partial charge in [0.15, 0.2) is 0 Å². The summed E-state index contributed by atoms with van der Waals surface area (Å²) in [5.41, 5.74) is 3.28. The van der Waals surface area contributed by atoms with E-state index in [1.165, 1.54) is 0 Å². The molecule has 0 atom stereocenters. The van der Waals surface area contributed by atoms with Crippen LogP contribution in [0.4, 0.5) is 0 Å². The van der Waals surface area contributed by atoms with Crippen LogP contribution in [0, 0.1) is 6.92 Å². The zero-order valence-electron chi connectivity index (χ0n) is 10.9. The molecule has 0 spiro atoms. The molecule has 1 aromatic carbocycles. The fourth-order valence-corrected chi connectivity index (χ4v) is 1.69. The van der Waals surface area contributed by atoms with Crippen molar-refractivity contribution in [1.82, 2.24) is 9.97 Å². The molecule has 0 radical (unpaired) electrons. The van der Waals surface area contributed by atoms with Crippen molar-refractivity contribution in [3.05, 3.63) is 47.9 Å². The van der Waals surface area contributed by atoms with Crippen LogP contribution in [0.3, 0.4) is 0 Å². The smallest absolute Gasteiger partial charge is 0.134 e. The van der Waals surface area contributed by atoms with Gasteiger partial charge in [0.05, 0.1) is 5.69 Å². The van der Waals surface area contributed by atoms with E-state index >= 15 is 0 Å². The second-order valence-corrected chi connectivity index (χ2v) is 5.34. The number of aryl methyl sites for hydroxylation is 1. The van der Waals surface area contributed by atoms with Crippen LogP contribution in [0.25, 0.3) is 11.3 Å². The lowest BCUT2D eigenvalue weighted by Crippen LogP contribution is -2.16. The Kier molecular flexibility index (Phi) is 2.97. The molecule has 0 bridgehead atoms. The van der Waals surface area contributed by atoms with Gasteiger partial charge in [0.25, 0.3) is 0 Å². The first kappa shape index (κ1) is 11.8. The summed E-state index contributed by atoms with van der Waals surface area (Å²) in [4.78, 5) is 9.13. The van der Waals surface area contributed by atoms with Gasteiger partial charge in [-0.15, -0.1) is 0 Å². The Balaban J connectivity index is 2.55. The minimum absolute atomic E-state index is 0.0166. The highest BCUT2D eigenvalue weighted by atomic mass is 14.9. The summed E-state index contributed by atoms with van der Waals surface area (Å²) in [6, 6.07) is 10.3. The van der Waals surface area contributed by atoms with Crippen LogP contribution in [-0.4, -0.2) is 9.97 Å². The van der Waals surface area contributed by atoms with Gasteiger partial charge in [-0.05, 0) is 12.5 Å². The van der Waals surface area contributed by atoms with Crippen LogP contribution in [0.5, 0.6) is 0 Å². The lowest BCUT2D eigenvalue weighted by Gasteiger charge is -2.18. The first-order valence-corrected chi connectivity index (χ1v) is 5.88. The van der Waals surface area contributed by atoms with E-state index in [-0.39, 0.29) is 5.41 Å². The molecule has 0 unspecified atom stereocenters. The second kappa shape index (κ2) is 4.28. The Morgan fingerprint density at radius 3 is 2.24 bits per heavy atom. The molecule has 0 amide bonds.